The Bertz CT molecular complexity index is 621. The van der Waals surface area contributed by atoms with Crippen molar-refractivity contribution in [2.24, 2.45) is 0 Å². The quantitative estimate of drug-likeness (QED) is 0.528. The van der Waals surface area contributed by atoms with Gasteiger partial charge in [-0.1, -0.05) is 6.07 Å². The van der Waals surface area contributed by atoms with Crippen molar-refractivity contribution < 1.29 is 9.72 Å². The lowest BCUT2D eigenvalue weighted by atomic mass is 10.2. The molecular weight excluding hydrogens is 264 g/mol. The van der Waals surface area contributed by atoms with Gasteiger partial charge in [-0.2, -0.15) is 11.3 Å². The smallest absolute Gasteiger partial charge is 0.271 e. The molecule has 0 atom stereocenters. The Morgan fingerprint density at radius 2 is 2.21 bits per heavy atom. The molecule has 1 heterocycles. The Balaban J connectivity index is 2.03. The highest BCUT2D eigenvalue weighted by molar-refractivity contribution is 7.08. The molecule has 1 N–H and O–H groups in total. The van der Waals surface area contributed by atoms with Gasteiger partial charge in [0.15, 0.2) is 0 Å². The summed E-state index contributed by atoms with van der Waals surface area (Å²) in [6.07, 6.45) is 3.07. The number of amides is 1. The lowest BCUT2D eigenvalue weighted by Gasteiger charge is -2.01. The molecule has 1 aromatic heterocycles. The molecule has 0 radical (unpaired) electrons. The van der Waals surface area contributed by atoms with Crippen LogP contribution in [0.2, 0.25) is 0 Å². The van der Waals surface area contributed by atoms with E-state index in [1.807, 2.05) is 16.8 Å². The van der Waals surface area contributed by atoms with Crippen molar-refractivity contribution in [2.75, 3.05) is 5.32 Å². The molecule has 19 heavy (non-hydrogen) atoms. The topological polar surface area (TPSA) is 72.2 Å². The molecule has 0 fully saturated rings. The fourth-order valence-corrected chi connectivity index (χ4v) is 2.05. The fraction of sp³-hybridized carbons (Fsp3) is 0. The van der Waals surface area contributed by atoms with E-state index in [-0.39, 0.29) is 11.6 Å². The highest BCUT2D eigenvalue weighted by Crippen LogP contribution is 2.17. The number of non-ortho nitro benzene ring substituents is 1. The van der Waals surface area contributed by atoms with Crippen molar-refractivity contribution in [3.05, 3.63) is 62.8 Å². The van der Waals surface area contributed by atoms with E-state index in [4.69, 9.17) is 0 Å². The molecule has 6 heteroatoms. The Hall–Kier alpha value is -2.47. The lowest BCUT2D eigenvalue weighted by Crippen LogP contribution is -2.07. The van der Waals surface area contributed by atoms with Crippen LogP contribution < -0.4 is 5.32 Å². The van der Waals surface area contributed by atoms with Gasteiger partial charge in [0.1, 0.15) is 0 Å². The lowest BCUT2D eigenvalue weighted by molar-refractivity contribution is -0.384. The largest absolute Gasteiger partial charge is 0.322 e. The summed E-state index contributed by atoms with van der Waals surface area (Å²) in [5, 5.41) is 17.0. The number of hydrogen-bond acceptors (Lipinski definition) is 4. The molecule has 2 aromatic rings. The number of benzene rings is 1. The molecule has 1 aromatic carbocycles. The number of nitro groups is 1. The van der Waals surface area contributed by atoms with Gasteiger partial charge in [0.05, 0.1) is 4.92 Å². The van der Waals surface area contributed by atoms with Gasteiger partial charge in [0, 0.05) is 23.9 Å². The Morgan fingerprint density at radius 1 is 1.37 bits per heavy atom. The van der Waals surface area contributed by atoms with E-state index in [1.54, 1.807) is 23.5 Å². The number of carbonyl (C=O) groups excluding carboxylic acids is 1. The van der Waals surface area contributed by atoms with E-state index in [0.717, 1.165) is 5.56 Å². The first kappa shape index (κ1) is 13.0. The number of nitrogens with zero attached hydrogens (tertiary/aromatic N) is 1. The predicted octanol–water partition coefficient (Wildman–Crippen LogP) is 3.31. The first-order valence-electron chi connectivity index (χ1n) is 5.41. The summed E-state index contributed by atoms with van der Waals surface area (Å²) < 4.78 is 0. The second-order valence-electron chi connectivity index (χ2n) is 3.69. The van der Waals surface area contributed by atoms with E-state index in [2.05, 4.69) is 5.32 Å². The van der Waals surface area contributed by atoms with Crippen LogP contribution in [0, 0.1) is 10.1 Å². The molecule has 0 spiro atoms. The molecular formula is C13H10N2O3S. The van der Waals surface area contributed by atoms with Gasteiger partial charge in [0.2, 0.25) is 5.91 Å². The van der Waals surface area contributed by atoms with Crippen LogP contribution in [-0.4, -0.2) is 10.8 Å². The second-order valence-corrected chi connectivity index (χ2v) is 4.47. The number of hydrogen-bond donors (Lipinski definition) is 1. The Morgan fingerprint density at radius 3 is 2.89 bits per heavy atom. The number of rotatable bonds is 4. The molecule has 1 amide bonds. The number of nitrogens with one attached hydrogen (secondary N) is 1. The minimum atomic E-state index is -0.503. The summed E-state index contributed by atoms with van der Waals surface area (Å²) in [6.45, 7) is 0. The molecule has 0 aliphatic carbocycles. The van der Waals surface area contributed by atoms with Crippen LogP contribution >= 0.6 is 11.3 Å². The maximum Gasteiger partial charge on any atom is 0.271 e. The van der Waals surface area contributed by atoms with Gasteiger partial charge in [-0.05, 0) is 34.5 Å². The standard InChI is InChI=1S/C13H10N2O3S/c16-13(5-4-10-6-7-19-9-10)14-11-2-1-3-12(8-11)15(17)18/h1-9H,(H,14,16)/b5-4+. The summed E-state index contributed by atoms with van der Waals surface area (Å²) >= 11 is 1.54. The third-order valence-corrected chi connectivity index (χ3v) is 3.00. The molecule has 0 bridgehead atoms. The van der Waals surface area contributed by atoms with Crippen molar-refractivity contribution in [3.63, 3.8) is 0 Å². The molecule has 0 aliphatic rings. The van der Waals surface area contributed by atoms with E-state index in [9.17, 15) is 14.9 Å². The van der Waals surface area contributed by atoms with Crippen LogP contribution in [-0.2, 0) is 4.79 Å². The monoisotopic (exact) mass is 274 g/mol. The van der Waals surface area contributed by atoms with Crippen molar-refractivity contribution in [1.82, 2.24) is 0 Å². The normalized spacial score (nSPS) is 10.5. The van der Waals surface area contributed by atoms with Gasteiger partial charge in [-0.3, -0.25) is 14.9 Å². The van der Waals surface area contributed by atoms with Crippen molar-refractivity contribution in [1.29, 1.82) is 0 Å². The fourth-order valence-electron chi connectivity index (χ4n) is 1.42. The van der Waals surface area contributed by atoms with Crippen LogP contribution in [0.1, 0.15) is 5.56 Å². The van der Waals surface area contributed by atoms with Gasteiger partial charge < -0.3 is 5.32 Å². The zero-order valence-corrected chi connectivity index (χ0v) is 10.6. The summed E-state index contributed by atoms with van der Waals surface area (Å²) in [5.41, 5.74) is 1.29. The Labute approximate surface area is 113 Å². The number of anilines is 1. The van der Waals surface area contributed by atoms with Gasteiger partial charge >= 0.3 is 0 Å². The summed E-state index contributed by atoms with van der Waals surface area (Å²) in [6, 6.07) is 7.70. The predicted molar refractivity (Wildman–Crippen MR) is 75.1 cm³/mol. The van der Waals surface area contributed by atoms with E-state index in [0.29, 0.717) is 5.69 Å². The maximum absolute atomic E-state index is 11.6. The van der Waals surface area contributed by atoms with Crippen LogP contribution in [0.25, 0.3) is 6.08 Å². The average molecular weight is 274 g/mol. The van der Waals surface area contributed by atoms with Crippen molar-refractivity contribution >= 4 is 34.7 Å². The molecule has 0 aliphatic heterocycles. The zero-order valence-electron chi connectivity index (χ0n) is 9.78. The van der Waals surface area contributed by atoms with Gasteiger partial charge in [-0.15, -0.1) is 0 Å². The first-order chi connectivity index (χ1) is 9.15. The molecule has 0 unspecified atom stereocenters. The summed E-state index contributed by atoms with van der Waals surface area (Å²) in [7, 11) is 0. The minimum absolute atomic E-state index is 0.0559. The minimum Gasteiger partial charge on any atom is -0.322 e. The van der Waals surface area contributed by atoms with Crippen molar-refractivity contribution in [3.8, 4) is 0 Å². The van der Waals surface area contributed by atoms with E-state index < -0.39 is 4.92 Å². The number of thiophene rings is 1. The SMILES string of the molecule is O=C(/C=C/c1ccsc1)Nc1cccc([N+](=O)[O-])c1. The zero-order chi connectivity index (χ0) is 13.7. The molecule has 96 valence electrons. The molecule has 2 rings (SSSR count). The third-order valence-electron chi connectivity index (χ3n) is 2.29. The van der Waals surface area contributed by atoms with Crippen LogP contribution in [0.4, 0.5) is 11.4 Å². The first-order valence-corrected chi connectivity index (χ1v) is 6.35. The van der Waals surface area contributed by atoms with E-state index >= 15 is 0 Å². The second kappa shape index (κ2) is 5.92. The molecule has 5 nitrogen and oxygen atoms in total. The average Bonchev–Trinajstić information content (AvgIpc) is 2.90. The van der Waals surface area contributed by atoms with Gasteiger partial charge in [-0.25, -0.2) is 0 Å². The summed E-state index contributed by atoms with van der Waals surface area (Å²) in [4.78, 5) is 21.7. The number of nitro benzene ring substituents is 1. The highest BCUT2D eigenvalue weighted by Gasteiger charge is 2.06. The van der Waals surface area contributed by atoms with Crippen LogP contribution in [0.15, 0.2) is 47.2 Å². The molecule has 0 saturated heterocycles. The van der Waals surface area contributed by atoms with Crippen LogP contribution in [0.3, 0.4) is 0 Å². The number of carbonyl (C=O) groups is 1. The van der Waals surface area contributed by atoms with Crippen LogP contribution in [0.5, 0.6) is 0 Å². The van der Waals surface area contributed by atoms with Crippen molar-refractivity contribution in [2.45, 2.75) is 0 Å². The van der Waals surface area contributed by atoms with Gasteiger partial charge in [0.25, 0.3) is 5.69 Å². The maximum atomic E-state index is 11.6. The third kappa shape index (κ3) is 3.75. The molecule has 0 saturated carbocycles. The summed E-state index contributed by atoms with van der Waals surface area (Å²) in [5.74, 6) is -0.327. The Kier molecular flexibility index (Phi) is 4.04. The van der Waals surface area contributed by atoms with E-state index in [1.165, 1.54) is 24.3 Å². The highest BCUT2D eigenvalue weighted by atomic mass is 32.1.